The van der Waals surface area contributed by atoms with Crippen molar-refractivity contribution in [3.8, 4) is 0 Å². The Morgan fingerprint density at radius 2 is 2.00 bits per heavy atom. The van der Waals surface area contributed by atoms with Gasteiger partial charge in [0.1, 0.15) is 0 Å². The second-order valence-corrected chi connectivity index (χ2v) is 6.34. The van der Waals surface area contributed by atoms with Crippen molar-refractivity contribution in [3.63, 3.8) is 0 Å². The summed E-state index contributed by atoms with van der Waals surface area (Å²) >= 11 is 1.84. The molecule has 0 bridgehead atoms. The van der Waals surface area contributed by atoms with Gasteiger partial charge in [-0.1, -0.05) is 40.0 Å². The number of hydrogen-bond acceptors (Lipinski definition) is 3. The van der Waals surface area contributed by atoms with Gasteiger partial charge in [0.15, 0.2) is 0 Å². The van der Waals surface area contributed by atoms with Gasteiger partial charge in [-0.15, -0.1) is 0 Å². The van der Waals surface area contributed by atoms with Crippen LogP contribution in [0, 0.1) is 0 Å². The van der Waals surface area contributed by atoms with Crippen molar-refractivity contribution in [1.82, 2.24) is 10.2 Å². The Morgan fingerprint density at radius 3 is 2.53 bits per heavy atom. The average Bonchev–Trinajstić information content (AvgIpc) is 2.71. The fourth-order valence-corrected chi connectivity index (χ4v) is 3.63. The molecule has 1 aliphatic rings. The second kappa shape index (κ2) is 8.85. The smallest absolute Gasteiger partial charge is 0.241 e. The summed E-state index contributed by atoms with van der Waals surface area (Å²) < 4.78 is 0. The van der Waals surface area contributed by atoms with E-state index < -0.39 is 0 Å². The van der Waals surface area contributed by atoms with Crippen molar-refractivity contribution in [1.29, 1.82) is 0 Å². The Hall–Kier alpha value is -0.220. The first-order valence-electron chi connectivity index (χ1n) is 7.76. The van der Waals surface area contributed by atoms with Gasteiger partial charge in [-0.05, 0) is 25.5 Å². The number of rotatable bonds is 9. The van der Waals surface area contributed by atoms with Crippen LogP contribution in [0.3, 0.4) is 0 Å². The summed E-state index contributed by atoms with van der Waals surface area (Å²) in [7, 11) is 0. The van der Waals surface area contributed by atoms with Crippen molar-refractivity contribution >= 4 is 17.7 Å². The minimum atomic E-state index is 0.0624. The number of carbonyl (C=O) groups excluding carboxylic acids is 1. The molecule has 3 atom stereocenters. The van der Waals surface area contributed by atoms with Gasteiger partial charge in [0.2, 0.25) is 5.91 Å². The first-order valence-corrected chi connectivity index (χ1v) is 9.16. The molecule has 0 aliphatic carbocycles. The van der Waals surface area contributed by atoms with E-state index in [0.717, 1.165) is 44.3 Å². The largest absolute Gasteiger partial charge is 0.322 e. The van der Waals surface area contributed by atoms with Gasteiger partial charge in [0.05, 0.1) is 12.2 Å². The summed E-state index contributed by atoms with van der Waals surface area (Å²) in [5.74, 6) is 1.39. The number of nitrogens with zero attached hydrogens (tertiary/aromatic N) is 1. The van der Waals surface area contributed by atoms with Gasteiger partial charge >= 0.3 is 0 Å². The molecule has 1 fully saturated rings. The van der Waals surface area contributed by atoms with Crippen LogP contribution in [0.4, 0.5) is 0 Å². The van der Waals surface area contributed by atoms with E-state index in [1.165, 1.54) is 0 Å². The first-order chi connectivity index (χ1) is 9.19. The molecule has 1 saturated heterocycles. The van der Waals surface area contributed by atoms with Crippen molar-refractivity contribution in [3.05, 3.63) is 0 Å². The summed E-state index contributed by atoms with van der Waals surface area (Å²) in [6.07, 6.45) is 8.91. The predicted molar refractivity (Wildman–Crippen MR) is 84.5 cm³/mol. The van der Waals surface area contributed by atoms with Crippen LogP contribution in [-0.4, -0.2) is 41.1 Å². The van der Waals surface area contributed by atoms with Crippen LogP contribution >= 0.6 is 11.8 Å². The number of thioether (sulfide) groups is 1. The minimum Gasteiger partial charge on any atom is -0.322 e. The Kier molecular flexibility index (Phi) is 7.84. The van der Waals surface area contributed by atoms with Crippen LogP contribution in [0.1, 0.15) is 59.3 Å². The van der Waals surface area contributed by atoms with E-state index in [4.69, 9.17) is 0 Å². The lowest BCUT2D eigenvalue weighted by Gasteiger charge is -2.31. The Balaban J connectivity index is 2.75. The molecular formula is C15H30N2OS. The molecule has 4 heteroatoms. The summed E-state index contributed by atoms with van der Waals surface area (Å²) in [5.41, 5.74) is 0. The minimum absolute atomic E-state index is 0.0624. The fourth-order valence-electron chi connectivity index (χ4n) is 2.85. The highest BCUT2D eigenvalue weighted by atomic mass is 32.2. The van der Waals surface area contributed by atoms with Crippen LogP contribution in [0.15, 0.2) is 0 Å². The summed E-state index contributed by atoms with van der Waals surface area (Å²) in [6.45, 7) is 6.57. The molecule has 1 aliphatic heterocycles. The van der Waals surface area contributed by atoms with Gasteiger partial charge in [0, 0.05) is 11.8 Å². The zero-order valence-electron chi connectivity index (χ0n) is 12.9. The van der Waals surface area contributed by atoms with E-state index in [9.17, 15) is 4.79 Å². The van der Waals surface area contributed by atoms with Crippen molar-refractivity contribution in [2.24, 2.45) is 0 Å². The number of nitrogens with one attached hydrogen (secondary N) is 1. The molecule has 0 spiro atoms. The van der Waals surface area contributed by atoms with E-state index in [2.05, 4.69) is 37.2 Å². The molecule has 0 aromatic carbocycles. The first kappa shape index (κ1) is 16.8. The van der Waals surface area contributed by atoms with Crippen LogP contribution in [0.25, 0.3) is 0 Å². The molecule has 0 aromatic heterocycles. The maximum absolute atomic E-state index is 12.6. The molecule has 0 saturated carbocycles. The topological polar surface area (TPSA) is 32.3 Å². The maximum atomic E-state index is 12.6. The Bertz CT molecular complexity index is 273. The van der Waals surface area contributed by atoms with Gasteiger partial charge in [-0.3, -0.25) is 10.1 Å². The molecule has 3 unspecified atom stereocenters. The van der Waals surface area contributed by atoms with Crippen molar-refractivity contribution < 1.29 is 4.79 Å². The molecule has 0 radical (unpaired) electrons. The third kappa shape index (κ3) is 4.38. The molecular weight excluding hydrogens is 256 g/mol. The standard InChI is InChI=1S/C15H30N2OS/c1-5-8-10-13-15(18)17(12(7-3)11-19-4)14(16-13)9-6-2/h12-14,16H,5-11H2,1-4H3. The van der Waals surface area contributed by atoms with Crippen molar-refractivity contribution in [2.75, 3.05) is 12.0 Å². The average molecular weight is 286 g/mol. The normalized spacial score (nSPS) is 25.1. The molecule has 19 heavy (non-hydrogen) atoms. The zero-order chi connectivity index (χ0) is 14.3. The van der Waals surface area contributed by atoms with E-state index in [-0.39, 0.29) is 12.2 Å². The van der Waals surface area contributed by atoms with Gasteiger partial charge in [-0.2, -0.15) is 11.8 Å². The summed E-state index contributed by atoms with van der Waals surface area (Å²) in [6, 6.07) is 0.450. The molecule has 1 N–H and O–H groups in total. The summed E-state index contributed by atoms with van der Waals surface area (Å²) in [5, 5.41) is 3.57. The molecule has 1 rings (SSSR count). The molecule has 1 amide bonds. The fraction of sp³-hybridized carbons (Fsp3) is 0.933. The highest BCUT2D eigenvalue weighted by Gasteiger charge is 2.40. The quantitative estimate of drug-likeness (QED) is 0.706. The maximum Gasteiger partial charge on any atom is 0.241 e. The lowest BCUT2D eigenvalue weighted by Crippen LogP contribution is -2.45. The second-order valence-electron chi connectivity index (χ2n) is 5.43. The van der Waals surface area contributed by atoms with Gasteiger partial charge < -0.3 is 4.90 Å². The van der Waals surface area contributed by atoms with Crippen LogP contribution in [0.5, 0.6) is 0 Å². The van der Waals surface area contributed by atoms with E-state index in [1.54, 1.807) is 0 Å². The molecule has 1 heterocycles. The Morgan fingerprint density at radius 1 is 1.26 bits per heavy atom. The van der Waals surface area contributed by atoms with Crippen LogP contribution in [-0.2, 0) is 4.79 Å². The lowest BCUT2D eigenvalue weighted by molar-refractivity contribution is -0.132. The van der Waals surface area contributed by atoms with E-state index in [0.29, 0.717) is 11.9 Å². The highest BCUT2D eigenvalue weighted by Crippen LogP contribution is 2.24. The zero-order valence-corrected chi connectivity index (χ0v) is 13.8. The highest BCUT2D eigenvalue weighted by molar-refractivity contribution is 7.98. The molecule has 0 aromatic rings. The number of carbonyl (C=O) groups is 1. The summed E-state index contributed by atoms with van der Waals surface area (Å²) in [4.78, 5) is 14.8. The Labute approximate surface area is 122 Å². The third-order valence-electron chi connectivity index (χ3n) is 3.91. The van der Waals surface area contributed by atoms with Gasteiger partial charge in [-0.25, -0.2) is 0 Å². The predicted octanol–water partition coefficient (Wildman–Crippen LogP) is 3.24. The van der Waals surface area contributed by atoms with E-state index >= 15 is 0 Å². The van der Waals surface area contributed by atoms with Crippen molar-refractivity contribution in [2.45, 2.75) is 77.5 Å². The number of hydrogen-bond donors (Lipinski definition) is 1. The third-order valence-corrected chi connectivity index (χ3v) is 4.63. The van der Waals surface area contributed by atoms with E-state index in [1.807, 2.05) is 11.8 Å². The van der Waals surface area contributed by atoms with Crippen LogP contribution < -0.4 is 5.32 Å². The van der Waals surface area contributed by atoms with Crippen LogP contribution in [0.2, 0.25) is 0 Å². The molecule has 3 nitrogen and oxygen atoms in total. The monoisotopic (exact) mass is 286 g/mol. The number of amides is 1. The lowest BCUT2D eigenvalue weighted by atomic mass is 10.1. The molecule has 112 valence electrons. The SMILES string of the molecule is CCCCC1NC(CCC)N(C(CC)CSC)C1=O. The van der Waals surface area contributed by atoms with Gasteiger partial charge in [0.25, 0.3) is 0 Å². The number of unbranched alkanes of at least 4 members (excludes halogenated alkanes) is 1.